The molecule has 1 fully saturated rings. The second kappa shape index (κ2) is 21.0. The summed E-state index contributed by atoms with van der Waals surface area (Å²) in [5.41, 5.74) is 0. The van der Waals surface area contributed by atoms with Crippen LogP contribution < -0.4 is 0 Å². The Morgan fingerprint density at radius 2 is 1.18 bits per heavy atom. The van der Waals surface area contributed by atoms with Crippen LogP contribution in [0.2, 0.25) is 0 Å². The number of hydrogen-bond acceptors (Lipinski definition) is 8. The Labute approximate surface area is 205 Å². The van der Waals surface area contributed by atoms with E-state index in [0.717, 1.165) is 19.4 Å². The molecule has 0 saturated carbocycles. The van der Waals surface area contributed by atoms with Gasteiger partial charge >= 0.3 is 0 Å². The van der Waals surface area contributed by atoms with Crippen LogP contribution in [-0.2, 0) is 37.9 Å². The van der Waals surface area contributed by atoms with E-state index in [9.17, 15) is 0 Å². The van der Waals surface area contributed by atoms with Crippen LogP contribution in [0.3, 0.4) is 0 Å². The van der Waals surface area contributed by atoms with Gasteiger partial charge in [-0.05, 0) is 6.42 Å². The average molecular weight is 485 g/mol. The fraction of sp³-hybridized carbons (Fsp3) is 0.692. The van der Waals surface area contributed by atoms with Gasteiger partial charge in [0, 0.05) is 6.61 Å². The maximum atomic E-state index is 6.25. The number of hydrogen-bond donors (Lipinski definition) is 0. The van der Waals surface area contributed by atoms with Crippen LogP contribution in [0.5, 0.6) is 0 Å². The zero-order valence-corrected chi connectivity index (χ0v) is 20.8. The molecule has 1 heterocycles. The van der Waals surface area contributed by atoms with E-state index in [1.165, 1.54) is 0 Å². The van der Waals surface area contributed by atoms with E-state index in [1.54, 1.807) is 24.3 Å². The summed E-state index contributed by atoms with van der Waals surface area (Å²) in [6.45, 7) is 21.2. The van der Waals surface area contributed by atoms with Gasteiger partial charge < -0.3 is 37.9 Å². The molecule has 34 heavy (non-hydrogen) atoms. The summed E-state index contributed by atoms with van der Waals surface area (Å²) in [5.74, 6) is 0. The summed E-state index contributed by atoms with van der Waals surface area (Å²) in [4.78, 5) is 0. The maximum Gasteiger partial charge on any atom is 0.187 e. The number of rotatable bonds is 23. The second-order valence-corrected chi connectivity index (χ2v) is 7.58. The summed E-state index contributed by atoms with van der Waals surface area (Å²) in [6, 6.07) is 0. The van der Waals surface area contributed by atoms with Crippen molar-refractivity contribution in [3.05, 3.63) is 50.6 Å². The molecular weight excluding hydrogens is 440 g/mol. The lowest BCUT2D eigenvalue weighted by atomic mass is 9.98. The molecule has 0 N–H and O–H groups in total. The van der Waals surface area contributed by atoms with E-state index in [4.69, 9.17) is 37.9 Å². The Balaban J connectivity index is 2.79. The fourth-order valence-corrected chi connectivity index (χ4v) is 3.31. The lowest BCUT2D eigenvalue weighted by Gasteiger charge is -2.45. The third kappa shape index (κ3) is 12.4. The minimum absolute atomic E-state index is 0.279. The van der Waals surface area contributed by atoms with E-state index in [1.807, 2.05) is 0 Å². The molecule has 8 nitrogen and oxygen atoms in total. The van der Waals surface area contributed by atoms with Crippen molar-refractivity contribution in [2.75, 3.05) is 66.1 Å². The monoisotopic (exact) mass is 484 g/mol. The predicted octanol–water partition coefficient (Wildman–Crippen LogP) is 3.48. The van der Waals surface area contributed by atoms with Gasteiger partial charge in [-0.25, -0.2) is 0 Å². The molecule has 0 aliphatic carbocycles. The van der Waals surface area contributed by atoms with Crippen LogP contribution in [0.15, 0.2) is 50.6 Å². The average Bonchev–Trinajstić information content (AvgIpc) is 2.85. The first kappa shape index (κ1) is 30.7. The fourth-order valence-electron chi connectivity index (χ4n) is 3.31. The smallest absolute Gasteiger partial charge is 0.187 e. The molecule has 0 radical (unpaired) electrons. The Morgan fingerprint density at radius 1 is 0.618 bits per heavy atom. The van der Waals surface area contributed by atoms with Crippen molar-refractivity contribution in [1.82, 2.24) is 0 Å². The maximum absolute atomic E-state index is 6.25. The Bertz CT molecular complexity index is 541. The van der Waals surface area contributed by atoms with Crippen molar-refractivity contribution in [3.8, 4) is 0 Å². The highest BCUT2D eigenvalue weighted by Gasteiger charge is 2.48. The van der Waals surface area contributed by atoms with Gasteiger partial charge in [0.15, 0.2) is 6.29 Å². The first-order valence-corrected chi connectivity index (χ1v) is 12.0. The molecule has 0 bridgehead atoms. The Hall–Kier alpha value is -1.36. The SMILES string of the molecule is C=CCOCC1O[C@@H](OCCOCCOCCCC)C(OCC=C)[C@@H](OCC=C)[C@H]1OCC=C. The van der Waals surface area contributed by atoms with E-state index in [0.29, 0.717) is 52.9 Å². The largest absolute Gasteiger partial charge is 0.379 e. The third-order valence-corrected chi connectivity index (χ3v) is 4.85. The van der Waals surface area contributed by atoms with Gasteiger partial charge in [-0.2, -0.15) is 0 Å². The Kier molecular flexibility index (Phi) is 18.9. The van der Waals surface area contributed by atoms with E-state index >= 15 is 0 Å². The normalized spacial score (nSPS) is 24.6. The van der Waals surface area contributed by atoms with Gasteiger partial charge in [0.05, 0.1) is 59.5 Å². The van der Waals surface area contributed by atoms with Gasteiger partial charge in [0.25, 0.3) is 0 Å². The molecule has 196 valence electrons. The van der Waals surface area contributed by atoms with Gasteiger partial charge in [-0.15, -0.1) is 26.3 Å². The highest BCUT2D eigenvalue weighted by atomic mass is 16.7. The van der Waals surface area contributed by atoms with Gasteiger partial charge in [-0.3, -0.25) is 0 Å². The minimum Gasteiger partial charge on any atom is -0.379 e. The highest BCUT2D eigenvalue weighted by molar-refractivity contribution is 4.94. The van der Waals surface area contributed by atoms with Crippen molar-refractivity contribution in [3.63, 3.8) is 0 Å². The molecule has 2 unspecified atom stereocenters. The van der Waals surface area contributed by atoms with Crippen molar-refractivity contribution in [2.45, 2.75) is 50.5 Å². The van der Waals surface area contributed by atoms with Crippen molar-refractivity contribution in [1.29, 1.82) is 0 Å². The Morgan fingerprint density at radius 3 is 1.79 bits per heavy atom. The molecular formula is C26H44O8. The molecule has 1 aliphatic heterocycles. The van der Waals surface area contributed by atoms with Crippen molar-refractivity contribution < 1.29 is 37.9 Å². The zero-order valence-electron chi connectivity index (χ0n) is 20.8. The molecule has 0 spiro atoms. The van der Waals surface area contributed by atoms with Gasteiger partial charge in [0.2, 0.25) is 0 Å². The molecule has 8 heteroatoms. The number of ether oxygens (including phenoxy) is 8. The minimum atomic E-state index is -0.708. The second-order valence-electron chi connectivity index (χ2n) is 7.58. The first-order chi connectivity index (χ1) is 16.7. The summed E-state index contributed by atoms with van der Waals surface area (Å²) in [5, 5.41) is 0. The lowest BCUT2D eigenvalue weighted by molar-refractivity contribution is -0.320. The van der Waals surface area contributed by atoms with Crippen LogP contribution in [-0.4, -0.2) is 96.8 Å². The molecule has 1 saturated heterocycles. The molecule has 0 aromatic rings. The van der Waals surface area contributed by atoms with Gasteiger partial charge in [0.1, 0.15) is 24.4 Å². The van der Waals surface area contributed by atoms with Crippen molar-refractivity contribution in [2.24, 2.45) is 0 Å². The molecule has 0 aromatic carbocycles. The van der Waals surface area contributed by atoms with E-state index in [-0.39, 0.29) is 6.61 Å². The molecule has 0 amide bonds. The summed E-state index contributed by atoms with van der Waals surface area (Å²) >= 11 is 0. The molecule has 5 atom stereocenters. The van der Waals surface area contributed by atoms with Crippen LogP contribution in [0.1, 0.15) is 19.8 Å². The molecule has 1 aliphatic rings. The van der Waals surface area contributed by atoms with E-state index in [2.05, 4.69) is 33.2 Å². The quantitative estimate of drug-likeness (QED) is 0.161. The van der Waals surface area contributed by atoms with Crippen molar-refractivity contribution >= 4 is 0 Å². The van der Waals surface area contributed by atoms with Crippen LogP contribution in [0.25, 0.3) is 0 Å². The molecule has 1 rings (SSSR count). The van der Waals surface area contributed by atoms with Crippen LogP contribution in [0.4, 0.5) is 0 Å². The summed E-state index contributed by atoms with van der Waals surface area (Å²) in [7, 11) is 0. The molecule has 0 aromatic heterocycles. The topological polar surface area (TPSA) is 73.8 Å². The first-order valence-electron chi connectivity index (χ1n) is 12.0. The third-order valence-electron chi connectivity index (χ3n) is 4.85. The lowest BCUT2D eigenvalue weighted by Crippen LogP contribution is -2.62. The summed E-state index contributed by atoms with van der Waals surface area (Å²) < 4.78 is 47.2. The standard InChI is InChI=1S/C26H44O8/c1-6-11-16-27-17-18-28-19-20-33-26-25(32-15-10-5)24(31-14-9-4)23(30-13-8-3)22(34-26)21-29-12-7-2/h7-10,22-26H,2-6,11-21H2,1H3/t22?,23-,24-,25?,26+/m0/s1. The van der Waals surface area contributed by atoms with Crippen LogP contribution >= 0.6 is 0 Å². The zero-order chi connectivity index (χ0) is 24.9. The van der Waals surface area contributed by atoms with Gasteiger partial charge in [-0.1, -0.05) is 37.6 Å². The highest BCUT2D eigenvalue weighted by Crippen LogP contribution is 2.29. The van der Waals surface area contributed by atoms with E-state index < -0.39 is 30.7 Å². The van der Waals surface area contributed by atoms with Crippen LogP contribution in [0, 0.1) is 0 Å². The summed E-state index contributed by atoms with van der Waals surface area (Å²) in [6.07, 6.45) is 6.22. The number of unbranched alkanes of at least 4 members (excludes halogenated alkanes) is 1. The predicted molar refractivity (Wildman–Crippen MR) is 132 cm³/mol.